The molecule has 27 heavy (non-hydrogen) atoms. The lowest BCUT2D eigenvalue weighted by Gasteiger charge is -2.63. The minimum atomic E-state index is -0.941. The molecule has 7 nitrogen and oxygen atoms in total. The van der Waals surface area contributed by atoms with Crippen LogP contribution in [0.15, 0.2) is 18.5 Å². The largest absolute Gasteiger partial charge is 0.493 e. The SMILES string of the molecule is CC1C2(CCN(C(=O)CC#N)CC2)CC12OB(O)c1cnc3[nH]ccc3c12. The van der Waals surface area contributed by atoms with Gasteiger partial charge in [-0.3, -0.25) is 4.79 Å². The number of hydrogen-bond acceptors (Lipinski definition) is 5. The van der Waals surface area contributed by atoms with Gasteiger partial charge in [0.25, 0.3) is 0 Å². The molecule has 2 spiro atoms. The van der Waals surface area contributed by atoms with Gasteiger partial charge in [0.05, 0.1) is 11.7 Å². The highest BCUT2D eigenvalue weighted by molar-refractivity contribution is 6.62. The van der Waals surface area contributed by atoms with Crippen molar-refractivity contribution in [1.29, 1.82) is 5.26 Å². The summed E-state index contributed by atoms with van der Waals surface area (Å²) >= 11 is 0. The quantitative estimate of drug-likeness (QED) is 0.736. The first-order valence-electron chi connectivity index (χ1n) is 9.48. The second-order valence-corrected chi connectivity index (χ2v) is 8.16. The van der Waals surface area contributed by atoms with E-state index >= 15 is 0 Å². The fourth-order valence-corrected chi connectivity index (χ4v) is 5.64. The molecule has 1 saturated heterocycles. The third-order valence-corrected chi connectivity index (χ3v) is 7.20. The van der Waals surface area contributed by atoms with Crippen LogP contribution in [0.3, 0.4) is 0 Å². The Kier molecular flexibility index (Phi) is 3.46. The van der Waals surface area contributed by atoms with E-state index in [2.05, 4.69) is 16.9 Å². The highest BCUT2D eigenvalue weighted by atomic mass is 16.5. The number of carbonyl (C=O) groups excluding carboxylic acids is 1. The van der Waals surface area contributed by atoms with Crippen LogP contribution in [-0.2, 0) is 15.0 Å². The minimum Gasteiger partial charge on any atom is -0.423 e. The zero-order valence-corrected chi connectivity index (χ0v) is 15.2. The number of H-pyrrole nitrogens is 1. The van der Waals surface area contributed by atoms with Crippen molar-refractivity contribution in [2.24, 2.45) is 11.3 Å². The van der Waals surface area contributed by atoms with Gasteiger partial charge in [-0.05, 0) is 42.2 Å². The number of nitrogens with one attached hydrogen (secondary N) is 1. The highest BCUT2D eigenvalue weighted by Gasteiger charge is 2.67. The lowest BCUT2D eigenvalue weighted by Crippen LogP contribution is -2.62. The molecule has 1 aliphatic carbocycles. The maximum absolute atomic E-state index is 12.0. The normalized spacial score (nSPS) is 28.4. The number of nitrogens with zero attached hydrogens (tertiary/aromatic N) is 3. The van der Waals surface area contributed by atoms with Gasteiger partial charge in [0.2, 0.25) is 5.91 Å². The molecule has 0 bridgehead atoms. The van der Waals surface area contributed by atoms with Crippen LogP contribution < -0.4 is 5.46 Å². The average molecular weight is 364 g/mol. The Labute approximate surface area is 157 Å². The van der Waals surface area contributed by atoms with Crippen LogP contribution in [0.1, 0.15) is 38.2 Å². The van der Waals surface area contributed by atoms with Crippen molar-refractivity contribution in [3.8, 4) is 6.07 Å². The molecule has 2 N–H and O–H groups in total. The third-order valence-electron chi connectivity index (χ3n) is 7.20. The van der Waals surface area contributed by atoms with Crippen LogP contribution in [0.25, 0.3) is 11.0 Å². The molecule has 0 aromatic carbocycles. The number of nitriles is 1. The summed E-state index contributed by atoms with van der Waals surface area (Å²) in [5, 5.41) is 20.3. The van der Waals surface area contributed by atoms with Gasteiger partial charge in [0.1, 0.15) is 12.1 Å². The van der Waals surface area contributed by atoms with Crippen molar-refractivity contribution in [1.82, 2.24) is 14.9 Å². The van der Waals surface area contributed by atoms with Crippen molar-refractivity contribution in [2.45, 2.75) is 38.2 Å². The summed E-state index contributed by atoms with van der Waals surface area (Å²) in [6.45, 7) is 3.58. The van der Waals surface area contributed by atoms with Crippen LogP contribution >= 0.6 is 0 Å². The molecule has 138 valence electrons. The van der Waals surface area contributed by atoms with Gasteiger partial charge in [-0.1, -0.05) is 6.92 Å². The Balaban J connectivity index is 1.44. The number of amides is 1. The fourth-order valence-electron chi connectivity index (χ4n) is 5.64. The minimum absolute atomic E-state index is 0.0480. The lowest BCUT2D eigenvalue weighted by atomic mass is 9.46. The summed E-state index contributed by atoms with van der Waals surface area (Å²) in [4.78, 5) is 21.4. The summed E-state index contributed by atoms with van der Waals surface area (Å²) in [6.07, 6.45) is 6.19. The zero-order chi connectivity index (χ0) is 18.8. The molecule has 8 heteroatoms. The Morgan fingerprint density at radius 1 is 1.56 bits per heavy atom. The summed E-state index contributed by atoms with van der Waals surface area (Å²) in [5.74, 6) is 0.154. The number of fused-ring (bicyclic) bond motifs is 4. The van der Waals surface area contributed by atoms with Crippen LogP contribution in [0.2, 0.25) is 0 Å². The Morgan fingerprint density at radius 3 is 3.04 bits per heavy atom. The Morgan fingerprint density at radius 2 is 2.33 bits per heavy atom. The van der Waals surface area contributed by atoms with Gasteiger partial charge in [-0.25, -0.2) is 4.98 Å². The number of rotatable bonds is 1. The molecule has 1 amide bonds. The van der Waals surface area contributed by atoms with Crippen LogP contribution in [0.4, 0.5) is 0 Å². The second-order valence-electron chi connectivity index (χ2n) is 8.16. The van der Waals surface area contributed by atoms with Crippen LogP contribution in [0.5, 0.6) is 0 Å². The Hall–Kier alpha value is -2.37. The predicted molar refractivity (Wildman–Crippen MR) is 98.7 cm³/mol. The first-order chi connectivity index (χ1) is 13.0. The molecular weight excluding hydrogens is 343 g/mol. The molecule has 2 fully saturated rings. The molecular formula is C19H21BN4O3. The van der Waals surface area contributed by atoms with Crippen molar-refractivity contribution >= 4 is 29.5 Å². The molecule has 0 radical (unpaired) electrons. The first kappa shape index (κ1) is 16.8. The summed E-state index contributed by atoms with van der Waals surface area (Å²) in [5.41, 5.74) is 2.27. The molecule has 2 aromatic rings. The predicted octanol–water partition coefficient (Wildman–Crippen LogP) is 1.04. The first-order valence-corrected chi connectivity index (χ1v) is 9.48. The highest BCUT2D eigenvalue weighted by Crippen LogP contribution is 2.66. The molecule has 3 aliphatic rings. The smallest absolute Gasteiger partial charge is 0.423 e. The number of hydrogen-bond donors (Lipinski definition) is 2. The number of likely N-dealkylation sites (tertiary alicyclic amines) is 1. The standard InChI is InChI=1S/C19H21BN4O3/c1-12-18(4-8-24(9-5-18)15(25)2-6-21)11-19(12)16-13-3-7-22-17(13)23-10-14(16)20(26)27-19/h3,7,10,12,26H,2,4-5,8-9,11H2,1H3,(H,22,23). The van der Waals surface area contributed by atoms with Gasteiger partial charge in [-0.15, -0.1) is 0 Å². The van der Waals surface area contributed by atoms with E-state index in [1.54, 1.807) is 11.1 Å². The zero-order valence-electron chi connectivity index (χ0n) is 15.2. The molecule has 2 unspecified atom stereocenters. The second kappa shape index (κ2) is 5.57. The number of pyridine rings is 1. The third kappa shape index (κ3) is 2.10. The van der Waals surface area contributed by atoms with Crippen LogP contribution in [0, 0.1) is 22.7 Å². The fraction of sp³-hybridized carbons (Fsp3) is 0.526. The molecule has 5 rings (SSSR count). The number of aromatic amines is 1. The lowest BCUT2D eigenvalue weighted by molar-refractivity contribution is -0.197. The number of aromatic nitrogens is 2. The number of piperidine rings is 1. The maximum atomic E-state index is 12.0. The van der Waals surface area contributed by atoms with Crippen molar-refractivity contribution < 1.29 is 14.5 Å². The summed E-state index contributed by atoms with van der Waals surface area (Å²) < 4.78 is 6.16. The van der Waals surface area contributed by atoms with E-state index in [0.29, 0.717) is 13.1 Å². The maximum Gasteiger partial charge on any atom is 0.493 e. The van der Waals surface area contributed by atoms with Gasteiger partial charge in [0.15, 0.2) is 0 Å². The number of carbonyl (C=O) groups is 1. The van der Waals surface area contributed by atoms with E-state index < -0.39 is 12.7 Å². The van der Waals surface area contributed by atoms with Crippen LogP contribution in [-0.4, -0.2) is 46.0 Å². The Bertz CT molecular complexity index is 975. The van der Waals surface area contributed by atoms with Crippen molar-refractivity contribution in [3.05, 3.63) is 24.0 Å². The molecule has 2 aliphatic heterocycles. The van der Waals surface area contributed by atoms with E-state index in [-0.39, 0.29) is 23.7 Å². The molecule has 4 heterocycles. The van der Waals surface area contributed by atoms with Crippen molar-refractivity contribution in [2.75, 3.05) is 13.1 Å². The van der Waals surface area contributed by atoms with Gasteiger partial charge in [-0.2, -0.15) is 5.26 Å². The van der Waals surface area contributed by atoms with E-state index in [1.807, 2.05) is 18.3 Å². The van der Waals surface area contributed by atoms with Gasteiger partial charge >= 0.3 is 7.12 Å². The van der Waals surface area contributed by atoms with E-state index in [4.69, 9.17) is 9.92 Å². The molecule has 1 saturated carbocycles. The van der Waals surface area contributed by atoms with E-state index in [9.17, 15) is 9.82 Å². The average Bonchev–Trinajstić information content (AvgIpc) is 3.26. The van der Waals surface area contributed by atoms with Gasteiger partial charge < -0.3 is 19.6 Å². The van der Waals surface area contributed by atoms with Crippen molar-refractivity contribution in [3.63, 3.8) is 0 Å². The van der Waals surface area contributed by atoms with Gasteiger partial charge in [0, 0.05) is 36.3 Å². The summed E-state index contributed by atoms with van der Waals surface area (Å²) in [7, 11) is -0.941. The topological polar surface area (TPSA) is 102 Å². The monoisotopic (exact) mass is 364 g/mol. The summed E-state index contributed by atoms with van der Waals surface area (Å²) in [6, 6.07) is 3.95. The van der Waals surface area contributed by atoms with E-state index in [1.165, 1.54) is 0 Å². The van der Waals surface area contributed by atoms with E-state index in [0.717, 1.165) is 41.3 Å². The molecule has 2 aromatic heterocycles. The molecule has 2 atom stereocenters.